The lowest BCUT2D eigenvalue weighted by molar-refractivity contribution is -0.384. The van der Waals surface area contributed by atoms with Gasteiger partial charge in [0.1, 0.15) is 5.69 Å². The van der Waals surface area contributed by atoms with Crippen molar-refractivity contribution in [2.75, 3.05) is 29.5 Å². The Morgan fingerprint density at radius 3 is 2.31 bits per heavy atom. The number of halogens is 3. The second-order valence-electron chi connectivity index (χ2n) is 7.76. The molecule has 0 spiro atoms. The zero-order valence-corrected chi connectivity index (χ0v) is 18.2. The summed E-state index contributed by atoms with van der Waals surface area (Å²) < 4.78 is 88.2. The van der Waals surface area contributed by atoms with E-state index < -0.39 is 65.0 Å². The van der Waals surface area contributed by atoms with Crippen molar-refractivity contribution in [2.24, 2.45) is 5.92 Å². The predicted molar refractivity (Wildman–Crippen MR) is 107 cm³/mol. The van der Waals surface area contributed by atoms with Crippen molar-refractivity contribution in [3.05, 3.63) is 33.9 Å². The lowest BCUT2D eigenvalue weighted by atomic mass is 9.95. The molecule has 2 heterocycles. The fourth-order valence-electron chi connectivity index (χ4n) is 3.81. The third-order valence-corrected chi connectivity index (χ3v) is 9.32. The van der Waals surface area contributed by atoms with E-state index >= 15 is 0 Å². The first kappa shape index (κ1) is 24.2. The Morgan fingerprint density at radius 1 is 1.19 bits per heavy atom. The molecular formula is C17H20F3N3O7S2. The maximum atomic E-state index is 12.9. The summed E-state index contributed by atoms with van der Waals surface area (Å²) in [5.74, 6) is -2.36. The zero-order valence-electron chi connectivity index (χ0n) is 16.5. The molecule has 0 aromatic heterocycles. The van der Waals surface area contributed by atoms with E-state index in [1.54, 1.807) is 0 Å². The average molecular weight is 499 g/mol. The molecule has 15 heteroatoms. The van der Waals surface area contributed by atoms with Gasteiger partial charge in [0.2, 0.25) is 15.9 Å². The molecule has 10 nitrogen and oxygen atoms in total. The van der Waals surface area contributed by atoms with Crippen molar-refractivity contribution in [3.8, 4) is 0 Å². The van der Waals surface area contributed by atoms with Crippen LogP contribution in [0.3, 0.4) is 0 Å². The van der Waals surface area contributed by atoms with Crippen LogP contribution in [-0.4, -0.2) is 57.5 Å². The number of benzene rings is 1. The summed E-state index contributed by atoms with van der Waals surface area (Å²) in [6, 6.07) is 2.20. The molecule has 2 fully saturated rings. The third kappa shape index (κ3) is 5.31. The summed E-state index contributed by atoms with van der Waals surface area (Å²) in [5.41, 5.74) is -1.89. The highest BCUT2D eigenvalue weighted by molar-refractivity contribution is 7.95. The van der Waals surface area contributed by atoms with Crippen molar-refractivity contribution in [1.29, 1.82) is 0 Å². The van der Waals surface area contributed by atoms with Gasteiger partial charge in [0.15, 0.2) is 9.84 Å². The van der Waals surface area contributed by atoms with Gasteiger partial charge in [0.25, 0.3) is 5.69 Å². The largest absolute Gasteiger partial charge is 0.416 e. The molecule has 0 saturated carbocycles. The minimum absolute atomic E-state index is 0.0226. The Kier molecular flexibility index (Phi) is 6.43. The smallest absolute Gasteiger partial charge is 0.366 e. The number of rotatable bonds is 5. The fraction of sp³-hybridized carbons (Fsp3) is 0.588. The molecule has 1 aromatic rings. The molecule has 178 valence electrons. The number of nitro groups is 1. The van der Waals surface area contributed by atoms with Gasteiger partial charge >= 0.3 is 6.18 Å². The van der Waals surface area contributed by atoms with E-state index in [4.69, 9.17) is 0 Å². The zero-order chi connectivity index (χ0) is 23.9. The predicted octanol–water partition coefficient (Wildman–Crippen LogP) is 1.46. The van der Waals surface area contributed by atoms with Crippen LogP contribution in [0.15, 0.2) is 18.2 Å². The highest BCUT2D eigenvalue weighted by atomic mass is 32.2. The van der Waals surface area contributed by atoms with Gasteiger partial charge in [0.05, 0.1) is 27.2 Å². The van der Waals surface area contributed by atoms with Crippen molar-refractivity contribution >= 4 is 37.1 Å². The van der Waals surface area contributed by atoms with Crippen LogP contribution in [-0.2, 0) is 30.8 Å². The number of nitrogens with zero attached hydrogens (tertiary/aromatic N) is 2. The number of anilines is 1. The molecule has 0 aliphatic carbocycles. The van der Waals surface area contributed by atoms with Gasteiger partial charge in [-0.1, -0.05) is 0 Å². The second-order valence-corrected chi connectivity index (χ2v) is 11.9. The number of piperidine rings is 1. The molecule has 1 unspecified atom stereocenters. The van der Waals surface area contributed by atoms with Crippen LogP contribution in [0, 0.1) is 16.0 Å². The number of sulfone groups is 1. The van der Waals surface area contributed by atoms with E-state index in [0.717, 1.165) is 12.1 Å². The van der Waals surface area contributed by atoms with Gasteiger partial charge in [-0.25, -0.2) is 16.8 Å². The number of sulfonamides is 1. The van der Waals surface area contributed by atoms with E-state index in [0.29, 0.717) is 6.07 Å². The van der Waals surface area contributed by atoms with Crippen LogP contribution in [0.1, 0.15) is 24.8 Å². The number of carbonyl (C=O) groups excluding carboxylic acids is 1. The maximum absolute atomic E-state index is 12.9. The maximum Gasteiger partial charge on any atom is 0.416 e. The molecular weight excluding hydrogens is 479 g/mol. The fourth-order valence-corrected chi connectivity index (χ4v) is 7.88. The SMILES string of the molecule is O=C(NS(=O)(=O)C1CCS(=O)(=O)C1)C1CCN(c2ccc(C(F)(F)F)cc2[N+](=O)[O-])CC1. The molecule has 3 rings (SSSR count). The van der Waals surface area contributed by atoms with Crippen LogP contribution < -0.4 is 9.62 Å². The quantitative estimate of drug-likeness (QED) is 0.474. The molecule has 1 aromatic carbocycles. The van der Waals surface area contributed by atoms with Gasteiger partial charge in [-0.3, -0.25) is 19.6 Å². The van der Waals surface area contributed by atoms with Crippen molar-refractivity contribution in [2.45, 2.75) is 30.7 Å². The summed E-state index contributed by atoms with van der Waals surface area (Å²) in [7, 11) is -7.63. The molecule has 32 heavy (non-hydrogen) atoms. The Labute approximate surface area is 181 Å². The van der Waals surface area contributed by atoms with Crippen molar-refractivity contribution < 1.29 is 39.7 Å². The number of hydrogen-bond donors (Lipinski definition) is 1. The Balaban J connectivity index is 1.66. The minimum Gasteiger partial charge on any atom is -0.366 e. The lowest BCUT2D eigenvalue weighted by Crippen LogP contribution is -2.45. The summed E-state index contributed by atoms with van der Waals surface area (Å²) >= 11 is 0. The first-order chi connectivity index (χ1) is 14.7. The number of nitro benzene ring substituents is 1. The molecule has 1 atom stereocenters. The molecule has 0 bridgehead atoms. The van der Waals surface area contributed by atoms with Crippen LogP contribution in [0.5, 0.6) is 0 Å². The highest BCUT2D eigenvalue weighted by Crippen LogP contribution is 2.37. The molecule has 0 radical (unpaired) electrons. The van der Waals surface area contributed by atoms with Crippen LogP contribution in [0.25, 0.3) is 0 Å². The topological polar surface area (TPSA) is 144 Å². The second kappa shape index (κ2) is 8.50. The number of amides is 1. The van der Waals surface area contributed by atoms with Crippen LogP contribution >= 0.6 is 0 Å². The average Bonchev–Trinajstić information content (AvgIpc) is 3.07. The molecule has 1 N–H and O–H groups in total. The number of alkyl halides is 3. The summed E-state index contributed by atoms with van der Waals surface area (Å²) in [5, 5.41) is 10.1. The van der Waals surface area contributed by atoms with Crippen molar-refractivity contribution in [1.82, 2.24) is 4.72 Å². The van der Waals surface area contributed by atoms with Gasteiger partial charge in [-0.15, -0.1) is 0 Å². The monoisotopic (exact) mass is 499 g/mol. The minimum atomic E-state index is -4.74. The van der Waals surface area contributed by atoms with Gasteiger partial charge < -0.3 is 4.90 Å². The van der Waals surface area contributed by atoms with Gasteiger partial charge in [0, 0.05) is 25.1 Å². The summed E-state index contributed by atoms with van der Waals surface area (Å²) in [6.07, 6.45) is -4.61. The molecule has 1 amide bonds. The van der Waals surface area contributed by atoms with Gasteiger partial charge in [-0.05, 0) is 31.4 Å². The summed E-state index contributed by atoms with van der Waals surface area (Å²) in [6.45, 7) is 0.171. The Hall–Kier alpha value is -2.42. The van der Waals surface area contributed by atoms with E-state index in [-0.39, 0.29) is 43.8 Å². The Morgan fingerprint density at radius 2 is 1.81 bits per heavy atom. The first-order valence-corrected chi connectivity index (χ1v) is 12.9. The number of hydrogen-bond acceptors (Lipinski definition) is 8. The molecule has 2 aliphatic rings. The van der Waals surface area contributed by atoms with Crippen molar-refractivity contribution in [3.63, 3.8) is 0 Å². The normalized spacial score (nSPS) is 22.0. The number of carbonyl (C=O) groups is 1. The van der Waals surface area contributed by atoms with Crippen LogP contribution in [0.2, 0.25) is 0 Å². The molecule has 2 aliphatic heterocycles. The number of nitrogens with one attached hydrogen (secondary N) is 1. The van der Waals surface area contributed by atoms with E-state index in [1.165, 1.54) is 4.90 Å². The Bertz CT molecular complexity index is 1130. The first-order valence-electron chi connectivity index (χ1n) is 9.56. The standard InChI is InChI=1S/C17H20F3N3O7S2/c18-17(19,20)12-1-2-14(15(9-12)23(25)26)22-6-3-11(4-7-22)16(24)21-32(29,30)13-5-8-31(27,28)10-13/h1-2,9,11,13H,3-8,10H2,(H,21,24). The third-order valence-electron chi connectivity index (χ3n) is 5.58. The van der Waals surface area contributed by atoms with E-state index in [1.807, 2.05) is 4.72 Å². The van der Waals surface area contributed by atoms with E-state index in [2.05, 4.69) is 0 Å². The van der Waals surface area contributed by atoms with Gasteiger partial charge in [-0.2, -0.15) is 13.2 Å². The summed E-state index contributed by atoms with van der Waals surface area (Å²) in [4.78, 5) is 24.3. The van der Waals surface area contributed by atoms with Crippen LogP contribution in [0.4, 0.5) is 24.5 Å². The lowest BCUT2D eigenvalue weighted by Gasteiger charge is -2.32. The van der Waals surface area contributed by atoms with E-state index in [9.17, 15) is 44.9 Å². The highest BCUT2D eigenvalue weighted by Gasteiger charge is 2.40. The molecule has 2 saturated heterocycles.